The lowest BCUT2D eigenvalue weighted by molar-refractivity contribution is 0.111. The summed E-state index contributed by atoms with van der Waals surface area (Å²) in [4.78, 5) is 17.9. The first-order valence-electron chi connectivity index (χ1n) is 4.75. The van der Waals surface area contributed by atoms with E-state index >= 15 is 0 Å². The lowest BCUT2D eigenvalue weighted by atomic mass is 10.2. The maximum absolute atomic E-state index is 10.7. The molecule has 1 aromatic heterocycles. The highest BCUT2D eigenvalue weighted by Crippen LogP contribution is 2.13. The molecule has 4 heteroatoms. The zero-order chi connectivity index (χ0) is 11.4. The highest BCUT2D eigenvalue weighted by molar-refractivity contribution is 5.71. The van der Waals surface area contributed by atoms with E-state index in [1.165, 1.54) is 6.20 Å². The summed E-state index contributed by atoms with van der Waals surface area (Å²) in [5.41, 5.74) is 2.20. The van der Waals surface area contributed by atoms with Gasteiger partial charge in [-0.1, -0.05) is 24.3 Å². The van der Waals surface area contributed by atoms with Gasteiger partial charge < -0.3 is 4.57 Å². The van der Waals surface area contributed by atoms with Crippen LogP contribution in [0.4, 0.5) is 5.69 Å². The van der Waals surface area contributed by atoms with E-state index in [1.807, 2.05) is 12.1 Å². The Bertz CT molecular complexity index is 534. The van der Waals surface area contributed by atoms with Crippen molar-refractivity contribution in [3.05, 3.63) is 59.5 Å². The molecule has 0 aliphatic carbocycles. The molecule has 0 saturated heterocycles. The summed E-state index contributed by atoms with van der Waals surface area (Å²) in [7, 11) is 0. The second-order valence-corrected chi connectivity index (χ2v) is 3.34. The van der Waals surface area contributed by atoms with Crippen LogP contribution in [0.1, 0.15) is 16.1 Å². The molecule has 1 heterocycles. The molecule has 0 radical (unpaired) electrons. The molecule has 0 bridgehead atoms. The first kappa shape index (κ1) is 10.1. The molecular formula is C12H9N3O. The Labute approximate surface area is 93.0 Å². The molecule has 0 N–H and O–H groups in total. The first-order valence-corrected chi connectivity index (χ1v) is 4.75. The zero-order valence-corrected chi connectivity index (χ0v) is 8.50. The SMILES string of the molecule is [C-]#[N+]c1ccc(Cn2cncc2C=O)cc1. The molecule has 4 nitrogen and oxygen atoms in total. The van der Waals surface area contributed by atoms with Gasteiger partial charge in [-0.3, -0.25) is 4.79 Å². The molecule has 0 atom stereocenters. The van der Waals surface area contributed by atoms with Crippen LogP contribution in [0.2, 0.25) is 0 Å². The zero-order valence-electron chi connectivity index (χ0n) is 8.50. The van der Waals surface area contributed by atoms with E-state index in [0.717, 1.165) is 11.8 Å². The second kappa shape index (κ2) is 4.41. The van der Waals surface area contributed by atoms with Crippen LogP contribution in [-0.2, 0) is 6.54 Å². The summed E-state index contributed by atoms with van der Waals surface area (Å²) < 4.78 is 1.76. The van der Waals surface area contributed by atoms with Gasteiger partial charge in [0.1, 0.15) is 5.69 Å². The van der Waals surface area contributed by atoms with Crippen LogP contribution in [0.5, 0.6) is 0 Å². The third kappa shape index (κ3) is 1.98. The Morgan fingerprint density at radius 3 is 2.75 bits per heavy atom. The minimum Gasteiger partial charge on any atom is -0.324 e. The second-order valence-electron chi connectivity index (χ2n) is 3.34. The van der Waals surface area contributed by atoms with Crippen LogP contribution >= 0.6 is 0 Å². The maximum Gasteiger partial charge on any atom is 0.187 e. The number of benzene rings is 1. The van der Waals surface area contributed by atoms with E-state index in [4.69, 9.17) is 6.57 Å². The lowest BCUT2D eigenvalue weighted by Gasteiger charge is -2.04. The van der Waals surface area contributed by atoms with Crippen molar-refractivity contribution in [3.63, 3.8) is 0 Å². The van der Waals surface area contributed by atoms with E-state index < -0.39 is 0 Å². The van der Waals surface area contributed by atoms with Gasteiger partial charge in [-0.2, -0.15) is 0 Å². The molecule has 1 aromatic carbocycles. The van der Waals surface area contributed by atoms with Crippen molar-refractivity contribution in [1.82, 2.24) is 9.55 Å². The van der Waals surface area contributed by atoms with E-state index in [1.54, 1.807) is 23.0 Å². The minimum atomic E-state index is 0.550. The van der Waals surface area contributed by atoms with Gasteiger partial charge in [-0.25, -0.2) is 9.83 Å². The number of hydrogen-bond donors (Lipinski definition) is 0. The maximum atomic E-state index is 10.7. The smallest absolute Gasteiger partial charge is 0.187 e. The predicted molar refractivity (Wildman–Crippen MR) is 59.4 cm³/mol. The van der Waals surface area contributed by atoms with Crippen LogP contribution < -0.4 is 0 Å². The van der Waals surface area contributed by atoms with Gasteiger partial charge in [-0.05, 0) is 5.56 Å². The Hall–Kier alpha value is -2.41. The molecule has 0 spiro atoms. The topological polar surface area (TPSA) is 39.2 Å². The van der Waals surface area contributed by atoms with Crippen LogP contribution in [0, 0.1) is 6.57 Å². The van der Waals surface area contributed by atoms with Crippen molar-refractivity contribution in [2.24, 2.45) is 0 Å². The molecule has 0 fully saturated rings. The Morgan fingerprint density at radius 2 is 2.12 bits per heavy atom. The first-order chi connectivity index (χ1) is 7.83. The van der Waals surface area contributed by atoms with Crippen molar-refractivity contribution in [2.75, 3.05) is 0 Å². The predicted octanol–water partition coefficient (Wildman–Crippen LogP) is 2.29. The summed E-state index contributed by atoms with van der Waals surface area (Å²) >= 11 is 0. The highest BCUT2D eigenvalue weighted by atomic mass is 16.1. The van der Waals surface area contributed by atoms with Gasteiger partial charge in [0, 0.05) is 6.54 Å². The van der Waals surface area contributed by atoms with E-state index in [-0.39, 0.29) is 0 Å². The molecule has 0 aliphatic rings. The number of hydrogen-bond acceptors (Lipinski definition) is 2. The quantitative estimate of drug-likeness (QED) is 0.577. The Kier molecular flexibility index (Phi) is 2.79. The highest BCUT2D eigenvalue weighted by Gasteiger charge is 2.01. The number of nitrogens with zero attached hydrogens (tertiary/aromatic N) is 3. The van der Waals surface area contributed by atoms with E-state index in [9.17, 15) is 4.79 Å². The minimum absolute atomic E-state index is 0.550. The molecule has 2 aromatic rings. The van der Waals surface area contributed by atoms with Crippen LogP contribution in [-0.4, -0.2) is 15.8 Å². The average molecular weight is 211 g/mol. The Morgan fingerprint density at radius 1 is 1.38 bits per heavy atom. The van der Waals surface area contributed by atoms with Gasteiger partial charge in [0.15, 0.2) is 12.0 Å². The normalized spacial score (nSPS) is 9.69. The third-order valence-electron chi connectivity index (χ3n) is 2.28. The lowest BCUT2D eigenvalue weighted by Crippen LogP contribution is -2.01. The molecule has 16 heavy (non-hydrogen) atoms. The van der Waals surface area contributed by atoms with Crippen LogP contribution in [0.15, 0.2) is 36.8 Å². The van der Waals surface area contributed by atoms with Crippen molar-refractivity contribution in [3.8, 4) is 0 Å². The van der Waals surface area contributed by atoms with Gasteiger partial charge >= 0.3 is 0 Å². The van der Waals surface area contributed by atoms with E-state index in [2.05, 4.69) is 9.83 Å². The van der Waals surface area contributed by atoms with Crippen molar-refractivity contribution >= 4 is 12.0 Å². The summed E-state index contributed by atoms with van der Waals surface area (Å²) in [5, 5.41) is 0. The molecular weight excluding hydrogens is 202 g/mol. The van der Waals surface area contributed by atoms with Gasteiger partial charge in [0.05, 0.1) is 19.1 Å². The fraction of sp³-hybridized carbons (Fsp3) is 0.0833. The number of aromatic nitrogens is 2. The third-order valence-corrected chi connectivity index (χ3v) is 2.28. The fourth-order valence-electron chi connectivity index (χ4n) is 1.43. The monoisotopic (exact) mass is 211 g/mol. The molecule has 0 aliphatic heterocycles. The van der Waals surface area contributed by atoms with Crippen LogP contribution in [0.25, 0.3) is 4.85 Å². The fourth-order valence-corrected chi connectivity index (χ4v) is 1.43. The van der Waals surface area contributed by atoms with Gasteiger partial charge in [0.25, 0.3) is 0 Å². The molecule has 78 valence electrons. The van der Waals surface area contributed by atoms with Crippen molar-refractivity contribution < 1.29 is 4.79 Å². The number of imidazole rings is 1. The number of rotatable bonds is 3. The van der Waals surface area contributed by atoms with Gasteiger partial charge in [-0.15, -0.1) is 0 Å². The standard InChI is InChI=1S/C12H9N3O/c1-13-11-4-2-10(3-5-11)7-15-9-14-6-12(15)8-16/h2-6,8-9H,7H2. The number of aldehydes is 1. The molecule has 0 saturated carbocycles. The summed E-state index contributed by atoms with van der Waals surface area (Å²) in [6.07, 6.45) is 3.92. The van der Waals surface area contributed by atoms with Crippen LogP contribution in [0.3, 0.4) is 0 Å². The molecule has 0 amide bonds. The van der Waals surface area contributed by atoms with Gasteiger partial charge in [0.2, 0.25) is 0 Å². The van der Waals surface area contributed by atoms with E-state index in [0.29, 0.717) is 17.9 Å². The largest absolute Gasteiger partial charge is 0.324 e. The number of carbonyl (C=O) groups excluding carboxylic acids is 1. The average Bonchev–Trinajstić information content (AvgIpc) is 2.77. The summed E-state index contributed by atoms with van der Waals surface area (Å²) in [6, 6.07) is 7.28. The number of carbonyl (C=O) groups is 1. The van der Waals surface area contributed by atoms with Crippen molar-refractivity contribution in [1.29, 1.82) is 0 Å². The summed E-state index contributed by atoms with van der Waals surface area (Å²) in [5.74, 6) is 0. The molecule has 0 unspecified atom stereocenters. The van der Waals surface area contributed by atoms with Crippen molar-refractivity contribution in [2.45, 2.75) is 6.54 Å². The summed E-state index contributed by atoms with van der Waals surface area (Å²) in [6.45, 7) is 7.43. The Balaban J connectivity index is 2.21. The molecule has 2 rings (SSSR count).